The Bertz CT molecular complexity index is 1460. The predicted octanol–water partition coefficient (Wildman–Crippen LogP) is 5.01. The summed E-state index contributed by atoms with van der Waals surface area (Å²) in [4.78, 5) is 23.6. The van der Waals surface area contributed by atoms with Crippen molar-refractivity contribution in [2.45, 2.75) is 0 Å². The fourth-order valence-electron chi connectivity index (χ4n) is 4.25. The van der Waals surface area contributed by atoms with Crippen molar-refractivity contribution in [2.75, 3.05) is 0 Å². The van der Waals surface area contributed by atoms with Crippen molar-refractivity contribution in [2.24, 2.45) is 0 Å². The molecule has 0 bridgehead atoms. The number of hydrogen-bond donors (Lipinski definition) is 2. The molecule has 0 radical (unpaired) electrons. The molecule has 5 aromatic rings. The number of benzene rings is 5. The summed E-state index contributed by atoms with van der Waals surface area (Å²) in [7, 11) is 0. The van der Waals surface area contributed by atoms with Crippen LogP contribution < -0.4 is 0 Å². The average molecular weight is 365 g/mol. The topological polar surface area (TPSA) is 98.4 Å². The number of hydrogen-bond acceptors (Lipinski definition) is 3. The van der Waals surface area contributed by atoms with Gasteiger partial charge in [0.1, 0.15) is 0 Å². The van der Waals surface area contributed by atoms with E-state index in [2.05, 4.69) is 6.07 Å². The smallest absolute Gasteiger partial charge is 0.336 e. The van der Waals surface area contributed by atoms with Crippen molar-refractivity contribution in [3.05, 3.63) is 71.3 Å². The lowest BCUT2D eigenvalue weighted by atomic mass is 9.86. The van der Waals surface area contributed by atoms with Crippen LogP contribution in [0.4, 0.5) is 0 Å². The van der Waals surface area contributed by atoms with Crippen molar-refractivity contribution in [1.82, 2.24) is 0 Å². The highest BCUT2D eigenvalue weighted by atomic mass is 16.4. The Kier molecular flexibility index (Phi) is 3.10. The number of carboxylic acid groups (broad SMARTS) is 2. The highest BCUT2D eigenvalue weighted by molar-refractivity contribution is 6.36. The molecule has 0 fully saturated rings. The Morgan fingerprint density at radius 3 is 1.71 bits per heavy atom. The first kappa shape index (κ1) is 16.0. The average Bonchev–Trinajstić information content (AvgIpc) is 2.70. The number of carboxylic acids is 2. The maximum absolute atomic E-state index is 11.8. The molecular formula is C23H11NO4. The van der Waals surface area contributed by atoms with E-state index in [1.165, 1.54) is 12.1 Å². The highest BCUT2D eigenvalue weighted by Crippen LogP contribution is 2.42. The molecule has 0 aliphatic heterocycles. The zero-order valence-corrected chi connectivity index (χ0v) is 14.4. The van der Waals surface area contributed by atoms with Crippen LogP contribution in [0.5, 0.6) is 0 Å². The van der Waals surface area contributed by atoms with E-state index < -0.39 is 11.9 Å². The summed E-state index contributed by atoms with van der Waals surface area (Å²) in [6, 6.07) is 17.8. The van der Waals surface area contributed by atoms with Crippen molar-refractivity contribution >= 4 is 55.0 Å². The minimum Gasteiger partial charge on any atom is -0.478 e. The quantitative estimate of drug-likeness (QED) is 0.339. The van der Waals surface area contributed by atoms with Gasteiger partial charge >= 0.3 is 11.9 Å². The molecule has 0 saturated carbocycles. The molecule has 0 spiro atoms. The second-order valence-electron chi connectivity index (χ2n) is 6.68. The highest BCUT2D eigenvalue weighted by Gasteiger charge is 2.22. The molecule has 5 rings (SSSR count). The van der Waals surface area contributed by atoms with Gasteiger partial charge in [-0.2, -0.15) is 5.26 Å². The second kappa shape index (κ2) is 5.41. The fraction of sp³-hybridized carbons (Fsp3) is 0. The summed E-state index contributed by atoms with van der Waals surface area (Å²) in [5.74, 6) is -2.34. The van der Waals surface area contributed by atoms with Crippen LogP contribution in [0, 0.1) is 11.3 Å². The van der Waals surface area contributed by atoms with Crippen LogP contribution in [0.15, 0.2) is 54.6 Å². The molecule has 0 atom stereocenters. The Labute approximate surface area is 158 Å². The lowest BCUT2D eigenvalue weighted by Crippen LogP contribution is -2.05. The van der Waals surface area contributed by atoms with Gasteiger partial charge in [-0.15, -0.1) is 0 Å². The molecule has 0 aliphatic carbocycles. The number of nitrogens with zero attached hydrogens (tertiary/aromatic N) is 1. The van der Waals surface area contributed by atoms with Crippen LogP contribution in [0.25, 0.3) is 43.1 Å². The molecule has 0 aromatic heterocycles. The Morgan fingerprint density at radius 1 is 0.643 bits per heavy atom. The van der Waals surface area contributed by atoms with E-state index in [1.807, 2.05) is 24.3 Å². The molecule has 0 amide bonds. The van der Waals surface area contributed by atoms with Gasteiger partial charge in [0.15, 0.2) is 0 Å². The summed E-state index contributed by atoms with van der Waals surface area (Å²) in [6.45, 7) is 0. The predicted molar refractivity (Wildman–Crippen MR) is 106 cm³/mol. The zero-order valence-electron chi connectivity index (χ0n) is 14.4. The van der Waals surface area contributed by atoms with E-state index >= 15 is 0 Å². The van der Waals surface area contributed by atoms with Crippen molar-refractivity contribution in [3.8, 4) is 6.07 Å². The molecule has 5 heteroatoms. The third-order valence-corrected chi connectivity index (χ3v) is 5.36. The number of fused-ring (bicyclic) bond motifs is 2. The van der Waals surface area contributed by atoms with Gasteiger partial charge in [0.05, 0.1) is 22.8 Å². The molecule has 2 N–H and O–H groups in total. The number of rotatable bonds is 2. The molecule has 0 unspecified atom stereocenters. The maximum Gasteiger partial charge on any atom is 0.336 e. The summed E-state index contributed by atoms with van der Waals surface area (Å²) >= 11 is 0. The number of aromatic carboxylic acids is 2. The molecule has 0 heterocycles. The Morgan fingerprint density at radius 2 is 1.14 bits per heavy atom. The van der Waals surface area contributed by atoms with Crippen LogP contribution in [0.2, 0.25) is 0 Å². The molecule has 28 heavy (non-hydrogen) atoms. The van der Waals surface area contributed by atoms with E-state index in [-0.39, 0.29) is 16.5 Å². The van der Waals surface area contributed by atoms with Gasteiger partial charge in [0.25, 0.3) is 0 Å². The van der Waals surface area contributed by atoms with Crippen molar-refractivity contribution < 1.29 is 19.8 Å². The second-order valence-corrected chi connectivity index (χ2v) is 6.68. The Balaban J connectivity index is 2.18. The summed E-state index contributed by atoms with van der Waals surface area (Å²) in [5.41, 5.74) is 0.481. The monoisotopic (exact) mass is 365 g/mol. The third-order valence-electron chi connectivity index (χ3n) is 5.36. The van der Waals surface area contributed by atoms with Gasteiger partial charge in [-0.3, -0.25) is 0 Å². The first-order valence-electron chi connectivity index (χ1n) is 8.56. The molecule has 132 valence electrons. The molecule has 0 saturated heterocycles. The van der Waals surface area contributed by atoms with E-state index in [1.54, 1.807) is 18.2 Å². The van der Waals surface area contributed by atoms with Gasteiger partial charge in [-0.1, -0.05) is 36.4 Å². The van der Waals surface area contributed by atoms with E-state index in [0.717, 1.165) is 32.3 Å². The maximum atomic E-state index is 11.8. The van der Waals surface area contributed by atoms with E-state index in [0.29, 0.717) is 10.9 Å². The third kappa shape index (κ3) is 1.89. The van der Waals surface area contributed by atoms with Gasteiger partial charge < -0.3 is 10.2 Å². The Hall–Kier alpha value is -4.17. The first-order valence-corrected chi connectivity index (χ1v) is 8.56. The van der Waals surface area contributed by atoms with Gasteiger partial charge in [0, 0.05) is 10.8 Å². The zero-order chi connectivity index (χ0) is 19.6. The normalized spacial score (nSPS) is 11.4. The van der Waals surface area contributed by atoms with Crippen LogP contribution in [0.1, 0.15) is 26.3 Å². The number of nitriles is 1. The number of carbonyl (C=O) groups is 2. The standard InChI is InChI=1S/C23H11NO4/c24-10-11-4-5-14-16-7-9-18(23(27)28)21-17(22(25)26)8-6-15(20(16)21)13-3-1-2-12(11)19(13)14/h1-9H,(H,25,26)(H,27,28). The minimum atomic E-state index is -1.17. The van der Waals surface area contributed by atoms with Crippen molar-refractivity contribution in [3.63, 3.8) is 0 Å². The van der Waals surface area contributed by atoms with E-state index in [4.69, 9.17) is 0 Å². The van der Waals surface area contributed by atoms with E-state index in [9.17, 15) is 25.1 Å². The lowest BCUT2D eigenvalue weighted by Gasteiger charge is -2.17. The van der Waals surface area contributed by atoms with Crippen LogP contribution in [0.3, 0.4) is 0 Å². The van der Waals surface area contributed by atoms with Gasteiger partial charge in [-0.25, -0.2) is 9.59 Å². The molecule has 0 aliphatic rings. The SMILES string of the molecule is N#Cc1ccc2c3ccc(C(=O)O)c4c(C(=O)O)ccc(c5cccc1c52)c43. The summed E-state index contributed by atoms with van der Waals surface area (Å²) in [5, 5.41) is 34.6. The summed E-state index contributed by atoms with van der Waals surface area (Å²) < 4.78 is 0. The lowest BCUT2D eigenvalue weighted by molar-refractivity contribution is 0.0695. The van der Waals surface area contributed by atoms with Gasteiger partial charge in [0.2, 0.25) is 0 Å². The molecule has 5 aromatic carbocycles. The fourth-order valence-corrected chi connectivity index (χ4v) is 4.25. The van der Waals surface area contributed by atoms with Crippen LogP contribution in [-0.2, 0) is 0 Å². The molecular weight excluding hydrogens is 354 g/mol. The van der Waals surface area contributed by atoms with Gasteiger partial charge in [-0.05, 0) is 50.5 Å². The summed E-state index contributed by atoms with van der Waals surface area (Å²) in [6.07, 6.45) is 0. The first-order chi connectivity index (χ1) is 13.5. The van der Waals surface area contributed by atoms with Crippen LogP contribution >= 0.6 is 0 Å². The molecule has 5 nitrogen and oxygen atoms in total. The largest absolute Gasteiger partial charge is 0.478 e. The minimum absolute atomic E-state index is 0.0396. The van der Waals surface area contributed by atoms with Crippen LogP contribution in [-0.4, -0.2) is 22.2 Å². The van der Waals surface area contributed by atoms with Crippen molar-refractivity contribution in [1.29, 1.82) is 5.26 Å².